The summed E-state index contributed by atoms with van der Waals surface area (Å²) in [6.45, 7) is 0.535. The monoisotopic (exact) mass is 311 g/mol. The van der Waals surface area contributed by atoms with Crippen LogP contribution in [0.2, 0.25) is 0 Å². The Morgan fingerprint density at radius 1 is 1.45 bits per heavy atom. The third kappa shape index (κ3) is 3.67. The standard InChI is InChI=1S/C14H21N3OS2/c1-19-12-5-4-10(6-12)17-14(18)15-7-11-8-20-13(16-11)9-2-3-9/h8-10,12H,2-7H2,1H3,(H2,15,17,18)/t10-,12-/m1/s1. The number of rotatable bonds is 5. The fourth-order valence-electron chi connectivity index (χ4n) is 2.61. The maximum absolute atomic E-state index is 11.9. The van der Waals surface area contributed by atoms with Crippen LogP contribution in [0, 0.1) is 0 Å². The van der Waals surface area contributed by atoms with Gasteiger partial charge in [0.05, 0.1) is 17.2 Å². The first kappa shape index (κ1) is 14.2. The predicted molar refractivity (Wildman–Crippen MR) is 84.4 cm³/mol. The van der Waals surface area contributed by atoms with Gasteiger partial charge in [-0.15, -0.1) is 11.3 Å². The number of aromatic nitrogens is 1. The lowest BCUT2D eigenvalue weighted by Gasteiger charge is -2.13. The summed E-state index contributed by atoms with van der Waals surface area (Å²) in [6.07, 6.45) is 8.10. The number of hydrogen-bond donors (Lipinski definition) is 2. The number of nitrogens with zero attached hydrogens (tertiary/aromatic N) is 1. The van der Waals surface area contributed by atoms with E-state index in [1.165, 1.54) is 24.3 Å². The van der Waals surface area contributed by atoms with Crippen LogP contribution in [-0.4, -0.2) is 28.6 Å². The highest BCUT2D eigenvalue weighted by molar-refractivity contribution is 7.99. The first-order valence-electron chi connectivity index (χ1n) is 7.26. The van der Waals surface area contributed by atoms with E-state index in [0.29, 0.717) is 23.8 Å². The second-order valence-corrected chi connectivity index (χ2v) is 7.67. The van der Waals surface area contributed by atoms with E-state index in [2.05, 4.69) is 27.3 Å². The van der Waals surface area contributed by atoms with E-state index < -0.39 is 0 Å². The Morgan fingerprint density at radius 2 is 2.30 bits per heavy atom. The molecule has 2 aliphatic rings. The van der Waals surface area contributed by atoms with Gasteiger partial charge in [-0.1, -0.05) is 0 Å². The summed E-state index contributed by atoms with van der Waals surface area (Å²) >= 11 is 3.63. The number of urea groups is 1. The number of nitrogens with one attached hydrogen (secondary N) is 2. The Hall–Kier alpha value is -0.750. The summed E-state index contributed by atoms with van der Waals surface area (Å²) in [5.74, 6) is 0.699. The molecular weight excluding hydrogens is 290 g/mol. The topological polar surface area (TPSA) is 54.0 Å². The zero-order valence-corrected chi connectivity index (χ0v) is 13.4. The van der Waals surface area contributed by atoms with E-state index in [-0.39, 0.29) is 6.03 Å². The van der Waals surface area contributed by atoms with Gasteiger partial charge in [-0.3, -0.25) is 0 Å². The molecule has 0 spiro atoms. The van der Waals surface area contributed by atoms with Crippen LogP contribution in [-0.2, 0) is 6.54 Å². The Morgan fingerprint density at radius 3 is 3.00 bits per heavy atom. The molecule has 0 bridgehead atoms. The average molecular weight is 311 g/mol. The van der Waals surface area contributed by atoms with Gasteiger partial charge >= 0.3 is 6.03 Å². The molecule has 2 aliphatic carbocycles. The minimum absolute atomic E-state index is 0.0577. The summed E-state index contributed by atoms with van der Waals surface area (Å²) in [5, 5.41) is 9.99. The number of thioether (sulfide) groups is 1. The fourth-order valence-corrected chi connectivity index (χ4v) is 4.40. The van der Waals surface area contributed by atoms with E-state index in [1.807, 2.05) is 11.8 Å². The van der Waals surface area contributed by atoms with Crippen molar-refractivity contribution in [2.75, 3.05) is 6.26 Å². The molecule has 4 nitrogen and oxygen atoms in total. The second kappa shape index (κ2) is 6.35. The predicted octanol–water partition coefficient (Wildman–Crippen LogP) is 3.10. The van der Waals surface area contributed by atoms with Crippen molar-refractivity contribution in [1.29, 1.82) is 0 Å². The zero-order valence-electron chi connectivity index (χ0n) is 11.7. The molecule has 110 valence electrons. The molecule has 20 heavy (non-hydrogen) atoms. The molecule has 1 aromatic heterocycles. The van der Waals surface area contributed by atoms with Gasteiger partial charge in [0.2, 0.25) is 0 Å². The number of amides is 2. The van der Waals surface area contributed by atoms with E-state index in [0.717, 1.165) is 18.5 Å². The molecule has 2 N–H and O–H groups in total. The largest absolute Gasteiger partial charge is 0.335 e. The van der Waals surface area contributed by atoms with Crippen LogP contribution in [0.3, 0.4) is 0 Å². The van der Waals surface area contributed by atoms with Crippen molar-refractivity contribution in [3.05, 3.63) is 16.1 Å². The molecule has 2 atom stereocenters. The van der Waals surface area contributed by atoms with Crippen molar-refractivity contribution >= 4 is 29.1 Å². The van der Waals surface area contributed by atoms with E-state index in [1.54, 1.807) is 11.3 Å². The van der Waals surface area contributed by atoms with Crippen molar-refractivity contribution in [3.8, 4) is 0 Å². The molecule has 2 fully saturated rings. The molecule has 1 heterocycles. The van der Waals surface area contributed by atoms with Crippen LogP contribution in [0.25, 0.3) is 0 Å². The van der Waals surface area contributed by atoms with E-state index in [4.69, 9.17) is 0 Å². The summed E-state index contributed by atoms with van der Waals surface area (Å²) in [7, 11) is 0. The van der Waals surface area contributed by atoms with Crippen LogP contribution < -0.4 is 10.6 Å². The summed E-state index contributed by atoms with van der Waals surface area (Å²) < 4.78 is 0. The number of carbonyl (C=O) groups excluding carboxylic acids is 1. The van der Waals surface area contributed by atoms with Gasteiger partial charge in [-0.25, -0.2) is 9.78 Å². The van der Waals surface area contributed by atoms with Crippen LogP contribution in [0.5, 0.6) is 0 Å². The van der Waals surface area contributed by atoms with E-state index in [9.17, 15) is 4.79 Å². The quantitative estimate of drug-likeness (QED) is 0.878. The lowest BCUT2D eigenvalue weighted by Crippen LogP contribution is -2.40. The van der Waals surface area contributed by atoms with E-state index >= 15 is 0 Å². The molecule has 0 unspecified atom stereocenters. The van der Waals surface area contributed by atoms with Gasteiger partial charge in [0.25, 0.3) is 0 Å². The van der Waals surface area contributed by atoms with Gasteiger partial charge < -0.3 is 10.6 Å². The summed E-state index contributed by atoms with van der Waals surface area (Å²) in [6, 6.07) is 0.280. The Balaban J connectivity index is 1.40. The lowest BCUT2D eigenvalue weighted by atomic mass is 10.2. The number of thiazole rings is 1. The Labute approximate surface area is 128 Å². The Bertz CT molecular complexity index is 473. The van der Waals surface area contributed by atoms with Crippen molar-refractivity contribution < 1.29 is 4.79 Å². The van der Waals surface area contributed by atoms with Gasteiger partial charge in [0.15, 0.2) is 0 Å². The minimum Gasteiger partial charge on any atom is -0.335 e. The van der Waals surface area contributed by atoms with Crippen molar-refractivity contribution in [2.45, 2.75) is 55.9 Å². The van der Waals surface area contributed by atoms with Gasteiger partial charge in [-0.05, 0) is 38.4 Å². The molecule has 0 aliphatic heterocycles. The number of hydrogen-bond acceptors (Lipinski definition) is 4. The van der Waals surface area contributed by atoms with Gasteiger partial charge in [0.1, 0.15) is 0 Å². The molecule has 2 amide bonds. The maximum Gasteiger partial charge on any atom is 0.315 e. The third-order valence-corrected chi connectivity index (χ3v) is 6.13. The zero-order chi connectivity index (χ0) is 13.9. The van der Waals surface area contributed by atoms with Gasteiger partial charge in [0, 0.05) is 22.6 Å². The van der Waals surface area contributed by atoms with Crippen LogP contribution in [0.1, 0.15) is 48.7 Å². The van der Waals surface area contributed by atoms with Crippen molar-refractivity contribution in [3.63, 3.8) is 0 Å². The van der Waals surface area contributed by atoms with Crippen LogP contribution >= 0.6 is 23.1 Å². The highest BCUT2D eigenvalue weighted by atomic mass is 32.2. The molecule has 2 saturated carbocycles. The molecule has 1 aromatic rings. The molecule has 0 aromatic carbocycles. The number of carbonyl (C=O) groups is 1. The van der Waals surface area contributed by atoms with Crippen LogP contribution in [0.15, 0.2) is 5.38 Å². The molecule has 3 rings (SSSR count). The minimum atomic E-state index is -0.0577. The van der Waals surface area contributed by atoms with Gasteiger partial charge in [-0.2, -0.15) is 11.8 Å². The third-order valence-electron chi connectivity index (χ3n) is 3.98. The molecular formula is C14H21N3OS2. The van der Waals surface area contributed by atoms with Crippen molar-refractivity contribution in [1.82, 2.24) is 15.6 Å². The first-order chi connectivity index (χ1) is 9.74. The summed E-state index contributed by atoms with van der Waals surface area (Å²) in [5.41, 5.74) is 0.987. The Kier molecular flexibility index (Phi) is 4.51. The normalized spacial score (nSPS) is 25.6. The highest BCUT2D eigenvalue weighted by Gasteiger charge is 2.27. The second-order valence-electron chi connectivity index (χ2n) is 5.65. The smallest absolute Gasteiger partial charge is 0.315 e. The highest BCUT2D eigenvalue weighted by Crippen LogP contribution is 2.41. The maximum atomic E-state index is 11.9. The lowest BCUT2D eigenvalue weighted by molar-refractivity contribution is 0.236. The first-order valence-corrected chi connectivity index (χ1v) is 9.43. The summed E-state index contributed by atoms with van der Waals surface area (Å²) in [4.78, 5) is 16.4. The molecule has 0 saturated heterocycles. The van der Waals surface area contributed by atoms with Crippen molar-refractivity contribution in [2.24, 2.45) is 0 Å². The fraction of sp³-hybridized carbons (Fsp3) is 0.714. The average Bonchev–Trinajstić information content (AvgIpc) is 3.02. The SMILES string of the molecule is CS[C@@H]1CC[C@@H](NC(=O)NCc2csc(C3CC3)n2)C1. The molecule has 6 heteroatoms. The van der Waals surface area contributed by atoms with Crippen LogP contribution in [0.4, 0.5) is 4.79 Å². The molecule has 0 radical (unpaired) electrons.